The standard InChI is InChI=1S/C8H4F3NO3S/c9-8(10,11)16(14,15)7-3-1-6(2-4-7)12-5-13/h1-4H. The van der Waals surface area contributed by atoms with Gasteiger partial charge in [0.25, 0.3) is 9.84 Å². The zero-order valence-corrected chi connectivity index (χ0v) is 8.34. The number of halogens is 3. The number of hydrogen-bond donors (Lipinski definition) is 0. The van der Waals surface area contributed by atoms with Gasteiger partial charge in [0.1, 0.15) is 0 Å². The van der Waals surface area contributed by atoms with E-state index in [1.165, 1.54) is 6.08 Å². The van der Waals surface area contributed by atoms with Gasteiger partial charge in [-0.1, -0.05) is 0 Å². The van der Waals surface area contributed by atoms with Crippen LogP contribution in [0.3, 0.4) is 0 Å². The maximum Gasteiger partial charge on any atom is 0.501 e. The van der Waals surface area contributed by atoms with Gasteiger partial charge >= 0.3 is 5.51 Å². The molecule has 0 spiro atoms. The Morgan fingerprint density at radius 2 is 1.62 bits per heavy atom. The maximum atomic E-state index is 12.1. The highest BCUT2D eigenvalue weighted by atomic mass is 32.2. The molecule has 1 rings (SSSR count). The Bertz CT molecular complexity index is 527. The summed E-state index contributed by atoms with van der Waals surface area (Å²) in [5, 5.41) is 0. The van der Waals surface area contributed by atoms with Crippen molar-refractivity contribution in [1.29, 1.82) is 0 Å². The van der Waals surface area contributed by atoms with E-state index in [2.05, 4.69) is 4.99 Å². The fourth-order valence-electron chi connectivity index (χ4n) is 0.886. The molecule has 0 saturated heterocycles. The molecule has 0 unspecified atom stereocenters. The summed E-state index contributed by atoms with van der Waals surface area (Å²) in [7, 11) is -5.35. The van der Waals surface area contributed by atoms with E-state index in [1.54, 1.807) is 0 Å². The van der Waals surface area contributed by atoms with Crippen molar-refractivity contribution in [1.82, 2.24) is 0 Å². The fourth-order valence-corrected chi connectivity index (χ4v) is 1.65. The number of sulfone groups is 1. The molecular weight excluding hydrogens is 247 g/mol. The van der Waals surface area contributed by atoms with Crippen molar-refractivity contribution in [2.24, 2.45) is 4.99 Å². The zero-order valence-electron chi connectivity index (χ0n) is 7.52. The van der Waals surface area contributed by atoms with Crippen LogP contribution in [-0.4, -0.2) is 20.0 Å². The van der Waals surface area contributed by atoms with Crippen molar-refractivity contribution in [3.8, 4) is 0 Å². The van der Waals surface area contributed by atoms with E-state index in [1.807, 2.05) is 0 Å². The Labute approximate surface area is 88.3 Å². The van der Waals surface area contributed by atoms with Gasteiger partial charge < -0.3 is 0 Å². The molecular formula is C8H4F3NO3S. The number of benzene rings is 1. The quantitative estimate of drug-likeness (QED) is 0.596. The van der Waals surface area contributed by atoms with Crippen molar-refractivity contribution in [2.45, 2.75) is 10.4 Å². The molecule has 0 aliphatic heterocycles. The van der Waals surface area contributed by atoms with Gasteiger partial charge in [-0.05, 0) is 24.3 Å². The van der Waals surface area contributed by atoms with Gasteiger partial charge in [-0.25, -0.2) is 13.2 Å². The minimum atomic E-state index is -5.35. The van der Waals surface area contributed by atoms with Crippen LogP contribution in [0, 0.1) is 0 Å². The Kier molecular flexibility index (Phi) is 3.16. The minimum Gasteiger partial charge on any atom is -0.214 e. The molecule has 1 aromatic carbocycles. The highest BCUT2D eigenvalue weighted by Gasteiger charge is 2.46. The van der Waals surface area contributed by atoms with E-state index in [0.717, 1.165) is 24.3 Å². The number of nitrogens with zero attached hydrogens (tertiary/aromatic N) is 1. The summed E-state index contributed by atoms with van der Waals surface area (Å²) in [5.41, 5.74) is -5.32. The lowest BCUT2D eigenvalue weighted by atomic mass is 10.3. The first-order valence-electron chi connectivity index (χ1n) is 3.78. The summed E-state index contributed by atoms with van der Waals surface area (Å²) in [6.07, 6.45) is 1.18. The van der Waals surface area contributed by atoms with Gasteiger partial charge in [0.05, 0.1) is 10.6 Å². The summed E-state index contributed by atoms with van der Waals surface area (Å²) >= 11 is 0. The van der Waals surface area contributed by atoms with E-state index in [0.29, 0.717) is 0 Å². The van der Waals surface area contributed by atoms with Crippen LogP contribution >= 0.6 is 0 Å². The third-order valence-corrected chi connectivity index (χ3v) is 3.13. The Balaban J connectivity index is 3.22. The number of hydrogen-bond acceptors (Lipinski definition) is 4. The fraction of sp³-hybridized carbons (Fsp3) is 0.125. The lowest BCUT2D eigenvalue weighted by Crippen LogP contribution is -2.23. The third kappa shape index (κ3) is 2.29. The van der Waals surface area contributed by atoms with Gasteiger partial charge in [0.2, 0.25) is 6.08 Å². The van der Waals surface area contributed by atoms with Crippen molar-refractivity contribution in [3.63, 3.8) is 0 Å². The molecule has 0 heterocycles. The summed E-state index contributed by atoms with van der Waals surface area (Å²) in [6, 6.07) is 3.39. The Morgan fingerprint density at radius 1 is 1.12 bits per heavy atom. The van der Waals surface area contributed by atoms with Gasteiger partial charge in [0, 0.05) is 0 Å². The lowest BCUT2D eigenvalue weighted by Gasteiger charge is -2.07. The normalized spacial score (nSPS) is 11.9. The second kappa shape index (κ2) is 4.07. The van der Waals surface area contributed by atoms with Gasteiger partial charge in [-0.3, -0.25) is 0 Å². The molecule has 8 heteroatoms. The predicted molar refractivity (Wildman–Crippen MR) is 47.5 cm³/mol. The van der Waals surface area contributed by atoms with Crippen LogP contribution in [0.1, 0.15) is 0 Å². The van der Waals surface area contributed by atoms with E-state index < -0.39 is 20.2 Å². The summed E-state index contributed by atoms with van der Waals surface area (Å²) in [4.78, 5) is 12.0. The van der Waals surface area contributed by atoms with E-state index >= 15 is 0 Å². The van der Waals surface area contributed by atoms with Gasteiger partial charge in [-0.15, -0.1) is 0 Å². The lowest BCUT2D eigenvalue weighted by molar-refractivity contribution is -0.0436. The number of alkyl halides is 3. The molecule has 0 radical (unpaired) electrons. The molecule has 0 aromatic heterocycles. The molecule has 0 bridgehead atoms. The number of aliphatic imine (C=N–C) groups is 1. The second-order valence-electron chi connectivity index (χ2n) is 2.65. The van der Waals surface area contributed by atoms with Crippen LogP contribution in [0.2, 0.25) is 0 Å². The molecule has 0 amide bonds. The second-order valence-corrected chi connectivity index (χ2v) is 4.59. The molecule has 4 nitrogen and oxygen atoms in total. The smallest absolute Gasteiger partial charge is 0.214 e. The third-order valence-electron chi connectivity index (χ3n) is 1.63. The first-order valence-corrected chi connectivity index (χ1v) is 5.26. The summed E-state index contributed by atoms with van der Waals surface area (Å²) < 4.78 is 58.1. The highest BCUT2D eigenvalue weighted by Crippen LogP contribution is 2.30. The van der Waals surface area contributed by atoms with E-state index in [9.17, 15) is 26.4 Å². The largest absolute Gasteiger partial charge is 0.501 e. The first-order chi connectivity index (χ1) is 7.29. The monoisotopic (exact) mass is 251 g/mol. The topological polar surface area (TPSA) is 63.6 Å². The SMILES string of the molecule is O=C=Nc1ccc(S(=O)(=O)C(F)(F)F)cc1. The predicted octanol–water partition coefficient (Wildman–Crippen LogP) is 1.95. The Hall–Kier alpha value is -1.66. The Morgan fingerprint density at radius 3 is 2.00 bits per heavy atom. The highest BCUT2D eigenvalue weighted by molar-refractivity contribution is 7.92. The molecule has 86 valence electrons. The molecule has 0 aliphatic rings. The minimum absolute atomic E-state index is 0.0242. The van der Waals surface area contributed by atoms with Crippen LogP contribution < -0.4 is 0 Å². The van der Waals surface area contributed by atoms with Crippen LogP contribution in [0.15, 0.2) is 34.2 Å². The van der Waals surface area contributed by atoms with Gasteiger partial charge in [0.15, 0.2) is 0 Å². The zero-order chi connectivity index (χ0) is 12.4. The maximum absolute atomic E-state index is 12.1. The molecule has 0 aliphatic carbocycles. The number of rotatable bonds is 2. The average Bonchev–Trinajstić information content (AvgIpc) is 2.17. The first kappa shape index (κ1) is 12.4. The van der Waals surface area contributed by atoms with Gasteiger partial charge in [-0.2, -0.15) is 18.2 Å². The average molecular weight is 251 g/mol. The molecule has 0 N–H and O–H groups in total. The van der Waals surface area contributed by atoms with Crippen molar-refractivity contribution in [2.75, 3.05) is 0 Å². The van der Waals surface area contributed by atoms with E-state index in [-0.39, 0.29) is 5.69 Å². The van der Waals surface area contributed by atoms with Crippen LogP contribution in [0.4, 0.5) is 18.9 Å². The molecule has 16 heavy (non-hydrogen) atoms. The summed E-state index contributed by atoms with van der Waals surface area (Å²) in [6.45, 7) is 0. The summed E-state index contributed by atoms with van der Waals surface area (Å²) in [5.74, 6) is 0. The molecule has 0 fully saturated rings. The van der Waals surface area contributed by atoms with Crippen LogP contribution in [0.5, 0.6) is 0 Å². The number of carbonyl (C=O) groups excluding carboxylic acids is 1. The van der Waals surface area contributed by atoms with Crippen molar-refractivity contribution < 1.29 is 26.4 Å². The molecule has 0 saturated carbocycles. The molecule has 0 atom stereocenters. The van der Waals surface area contributed by atoms with Crippen molar-refractivity contribution >= 4 is 21.6 Å². The van der Waals surface area contributed by atoms with E-state index in [4.69, 9.17) is 0 Å². The number of isocyanates is 1. The van der Waals surface area contributed by atoms with Crippen LogP contribution in [-0.2, 0) is 14.6 Å². The van der Waals surface area contributed by atoms with Crippen LogP contribution in [0.25, 0.3) is 0 Å². The van der Waals surface area contributed by atoms with Crippen molar-refractivity contribution in [3.05, 3.63) is 24.3 Å². The molecule has 1 aromatic rings.